The van der Waals surface area contributed by atoms with Crippen molar-refractivity contribution >= 4 is 22.6 Å². The summed E-state index contributed by atoms with van der Waals surface area (Å²) in [7, 11) is 0. The maximum absolute atomic E-state index is 6.51. The minimum Gasteiger partial charge on any atom is -0.493 e. The van der Waals surface area contributed by atoms with E-state index in [1.54, 1.807) is 0 Å². The molecule has 0 saturated heterocycles. The average molecular weight is 393 g/mol. The summed E-state index contributed by atoms with van der Waals surface area (Å²) in [4.78, 5) is 0. The SMILES string of the molecule is Cc1cccc(C(N)CC2CCOc3ccccc32)c1I. The summed E-state index contributed by atoms with van der Waals surface area (Å²) in [6, 6.07) is 14.8. The maximum Gasteiger partial charge on any atom is 0.122 e. The lowest BCUT2D eigenvalue weighted by molar-refractivity contribution is 0.259. The van der Waals surface area contributed by atoms with Gasteiger partial charge in [0.1, 0.15) is 5.75 Å². The molecule has 110 valence electrons. The van der Waals surface area contributed by atoms with Crippen LogP contribution in [0.4, 0.5) is 0 Å². The van der Waals surface area contributed by atoms with Crippen LogP contribution >= 0.6 is 22.6 Å². The van der Waals surface area contributed by atoms with Crippen molar-refractivity contribution in [3.8, 4) is 5.75 Å². The topological polar surface area (TPSA) is 35.2 Å². The van der Waals surface area contributed by atoms with Crippen LogP contribution in [0.5, 0.6) is 5.75 Å². The van der Waals surface area contributed by atoms with E-state index < -0.39 is 0 Å². The summed E-state index contributed by atoms with van der Waals surface area (Å²) in [5, 5.41) is 0. The van der Waals surface area contributed by atoms with Crippen molar-refractivity contribution in [1.29, 1.82) is 0 Å². The van der Waals surface area contributed by atoms with Crippen molar-refractivity contribution in [3.63, 3.8) is 0 Å². The molecular formula is C18H20INO. The highest BCUT2D eigenvalue weighted by atomic mass is 127. The molecule has 2 aromatic carbocycles. The molecule has 2 N–H and O–H groups in total. The number of hydrogen-bond acceptors (Lipinski definition) is 2. The summed E-state index contributed by atoms with van der Waals surface area (Å²) in [5.74, 6) is 1.51. The highest BCUT2D eigenvalue weighted by Crippen LogP contribution is 2.38. The first-order valence-corrected chi connectivity index (χ1v) is 8.47. The third-order valence-electron chi connectivity index (χ3n) is 4.24. The van der Waals surface area contributed by atoms with Crippen LogP contribution in [0.2, 0.25) is 0 Å². The van der Waals surface area contributed by atoms with E-state index >= 15 is 0 Å². The lowest BCUT2D eigenvalue weighted by Crippen LogP contribution is -2.20. The highest BCUT2D eigenvalue weighted by Gasteiger charge is 2.24. The van der Waals surface area contributed by atoms with E-state index in [-0.39, 0.29) is 6.04 Å². The van der Waals surface area contributed by atoms with Crippen molar-refractivity contribution in [2.24, 2.45) is 5.73 Å². The van der Waals surface area contributed by atoms with Crippen LogP contribution in [-0.4, -0.2) is 6.61 Å². The van der Waals surface area contributed by atoms with Crippen LogP contribution in [0.25, 0.3) is 0 Å². The zero-order chi connectivity index (χ0) is 14.8. The Hall–Kier alpha value is -1.07. The van der Waals surface area contributed by atoms with Crippen molar-refractivity contribution < 1.29 is 4.74 Å². The van der Waals surface area contributed by atoms with Gasteiger partial charge in [0, 0.05) is 9.61 Å². The molecule has 1 aliphatic heterocycles. The van der Waals surface area contributed by atoms with Gasteiger partial charge in [0.2, 0.25) is 0 Å². The quantitative estimate of drug-likeness (QED) is 0.777. The van der Waals surface area contributed by atoms with Gasteiger partial charge in [0.25, 0.3) is 0 Å². The lowest BCUT2D eigenvalue weighted by Gasteiger charge is -2.28. The van der Waals surface area contributed by atoms with Gasteiger partial charge in [0.15, 0.2) is 0 Å². The number of nitrogens with two attached hydrogens (primary N) is 1. The molecule has 3 rings (SSSR count). The Bertz CT molecular complexity index is 641. The first-order valence-electron chi connectivity index (χ1n) is 7.39. The minimum atomic E-state index is 0.0768. The molecule has 0 bridgehead atoms. The Kier molecular flexibility index (Phi) is 4.50. The zero-order valence-electron chi connectivity index (χ0n) is 12.2. The van der Waals surface area contributed by atoms with Crippen LogP contribution in [0.3, 0.4) is 0 Å². The van der Waals surface area contributed by atoms with Crippen molar-refractivity contribution in [3.05, 3.63) is 62.7 Å². The van der Waals surface area contributed by atoms with E-state index in [2.05, 4.69) is 65.9 Å². The van der Waals surface area contributed by atoms with E-state index in [0.29, 0.717) is 5.92 Å². The highest BCUT2D eigenvalue weighted by molar-refractivity contribution is 14.1. The third-order valence-corrected chi connectivity index (χ3v) is 5.72. The van der Waals surface area contributed by atoms with E-state index in [1.807, 2.05) is 6.07 Å². The lowest BCUT2D eigenvalue weighted by atomic mass is 9.85. The van der Waals surface area contributed by atoms with Gasteiger partial charge in [-0.05, 0) is 71.0 Å². The van der Waals surface area contributed by atoms with E-state index in [1.165, 1.54) is 20.3 Å². The summed E-state index contributed by atoms with van der Waals surface area (Å²) < 4.78 is 7.04. The molecule has 0 aliphatic carbocycles. The molecule has 0 amide bonds. The molecule has 2 nitrogen and oxygen atoms in total. The molecule has 0 aromatic heterocycles. The number of para-hydroxylation sites is 1. The fraction of sp³-hybridized carbons (Fsp3) is 0.333. The number of rotatable bonds is 3. The van der Waals surface area contributed by atoms with Gasteiger partial charge in [-0.25, -0.2) is 0 Å². The van der Waals surface area contributed by atoms with Crippen molar-refractivity contribution in [1.82, 2.24) is 0 Å². The second kappa shape index (κ2) is 6.36. The van der Waals surface area contributed by atoms with Crippen LogP contribution < -0.4 is 10.5 Å². The summed E-state index contributed by atoms with van der Waals surface area (Å²) in [6.07, 6.45) is 2.02. The molecule has 3 heteroatoms. The Balaban J connectivity index is 1.83. The van der Waals surface area contributed by atoms with E-state index in [4.69, 9.17) is 10.5 Å². The normalized spacial score (nSPS) is 18.7. The van der Waals surface area contributed by atoms with Gasteiger partial charge in [-0.3, -0.25) is 0 Å². The van der Waals surface area contributed by atoms with Gasteiger partial charge in [-0.2, -0.15) is 0 Å². The van der Waals surface area contributed by atoms with Crippen LogP contribution in [-0.2, 0) is 0 Å². The summed E-state index contributed by atoms with van der Waals surface area (Å²) in [5.41, 5.74) is 10.4. The molecule has 1 aliphatic rings. The fourth-order valence-corrected chi connectivity index (χ4v) is 3.81. The molecule has 21 heavy (non-hydrogen) atoms. The van der Waals surface area contributed by atoms with Crippen LogP contribution in [0.15, 0.2) is 42.5 Å². The first kappa shape index (κ1) is 14.9. The van der Waals surface area contributed by atoms with Crippen LogP contribution in [0, 0.1) is 10.5 Å². The zero-order valence-corrected chi connectivity index (χ0v) is 14.3. The molecule has 2 unspecified atom stereocenters. The number of benzene rings is 2. The fourth-order valence-electron chi connectivity index (χ4n) is 3.05. The minimum absolute atomic E-state index is 0.0768. The molecule has 2 aromatic rings. The van der Waals surface area contributed by atoms with Gasteiger partial charge >= 0.3 is 0 Å². The molecule has 1 heterocycles. The molecule has 2 atom stereocenters. The summed E-state index contributed by atoms with van der Waals surface area (Å²) in [6.45, 7) is 2.93. The Labute approximate surface area is 139 Å². The first-order chi connectivity index (χ1) is 10.2. The molecule has 0 fully saturated rings. The third kappa shape index (κ3) is 3.09. The second-order valence-corrected chi connectivity index (χ2v) is 6.77. The standard InChI is InChI=1S/C18H20INO/c1-12-5-4-7-15(18(12)19)16(20)11-13-9-10-21-17-8-3-2-6-14(13)17/h2-8,13,16H,9-11,20H2,1H3. The maximum atomic E-state index is 6.51. The largest absolute Gasteiger partial charge is 0.493 e. The predicted octanol–water partition coefficient (Wildman–Crippen LogP) is 4.56. The number of hydrogen-bond donors (Lipinski definition) is 1. The average Bonchev–Trinajstić information content (AvgIpc) is 2.50. The number of halogens is 1. The van der Waals surface area contributed by atoms with Gasteiger partial charge in [-0.1, -0.05) is 36.4 Å². The number of fused-ring (bicyclic) bond motifs is 1. The molecular weight excluding hydrogens is 373 g/mol. The smallest absolute Gasteiger partial charge is 0.122 e. The van der Waals surface area contributed by atoms with Gasteiger partial charge in [0.05, 0.1) is 6.61 Å². The van der Waals surface area contributed by atoms with Crippen LogP contribution in [0.1, 0.15) is 41.5 Å². The Morgan fingerprint density at radius 3 is 2.90 bits per heavy atom. The second-order valence-electron chi connectivity index (χ2n) is 5.69. The number of aryl methyl sites for hydroxylation is 1. The molecule has 0 radical (unpaired) electrons. The van der Waals surface area contributed by atoms with Crippen molar-refractivity contribution in [2.45, 2.75) is 31.7 Å². The molecule has 0 saturated carbocycles. The Morgan fingerprint density at radius 1 is 1.24 bits per heavy atom. The number of ether oxygens (including phenoxy) is 1. The monoisotopic (exact) mass is 393 g/mol. The van der Waals surface area contributed by atoms with E-state index in [0.717, 1.165) is 25.2 Å². The van der Waals surface area contributed by atoms with Gasteiger partial charge in [-0.15, -0.1) is 0 Å². The summed E-state index contributed by atoms with van der Waals surface area (Å²) >= 11 is 2.41. The molecule has 0 spiro atoms. The van der Waals surface area contributed by atoms with E-state index in [9.17, 15) is 0 Å². The van der Waals surface area contributed by atoms with Crippen molar-refractivity contribution in [2.75, 3.05) is 6.61 Å². The predicted molar refractivity (Wildman–Crippen MR) is 94.7 cm³/mol. The Morgan fingerprint density at radius 2 is 2.05 bits per heavy atom. The van der Waals surface area contributed by atoms with Gasteiger partial charge < -0.3 is 10.5 Å².